The minimum Gasteiger partial charge on any atom is -0.337 e. The molecule has 2 heterocycles. The summed E-state index contributed by atoms with van der Waals surface area (Å²) < 4.78 is 1.28. The fraction of sp³-hybridized carbons (Fsp3) is 0.421. The lowest BCUT2D eigenvalue weighted by Gasteiger charge is -2.34. The average Bonchev–Trinajstić information content (AvgIpc) is 2.67. The molecule has 0 bridgehead atoms. The fourth-order valence-electron chi connectivity index (χ4n) is 3.51. The molecule has 1 aliphatic heterocycles. The van der Waals surface area contributed by atoms with Crippen molar-refractivity contribution >= 4 is 24.0 Å². The zero-order valence-electron chi connectivity index (χ0n) is 16.3. The normalized spacial score (nSPS) is 17.3. The number of benzene rings is 1. The van der Waals surface area contributed by atoms with Gasteiger partial charge in [0.2, 0.25) is 5.43 Å². The number of carbonyl (C=O) groups is 1. The van der Waals surface area contributed by atoms with Gasteiger partial charge in [-0.15, -0.1) is 12.4 Å². The first kappa shape index (κ1) is 22.5. The maximum atomic E-state index is 13.0. The highest BCUT2D eigenvalue weighted by molar-refractivity contribution is 5.92. The summed E-state index contributed by atoms with van der Waals surface area (Å²) in [7, 11) is 0. The summed E-state index contributed by atoms with van der Waals surface area (Å²) in [4.78, 5) is 37.9. The van der Waals surface area contributed by atoms with Crippen LogP contribution in [0.2, 0.25) is 0 Å². The van der Waals surface area contributed by atoms with Gasteiger partial charge in [-0.05, 0) is 38.7 Å². The van der Waals surface area contributed by atoms with Crippen molar-refractivity contribution in [2.24, 2.45) is 11.7 Å². The second-order valence-electron chi connectivity index (χ2n) is 7.17. The van der Waals surface area contributed by atoms with Crippen molar-refractivity contribution in [2.75, 3.05) is 13.1 Å². The number of amides is 1. The summed E-state index contributed by atoms with van der Waals surface area (Å²) in [5.41, 5.74) is 5.69. The monoisotopic (exact) mass is 421 g/mol. The van der Waals surface area contributed by atoms with Crippen molar-refractivity contribution in [1.82, 2.24) is 14.7 Å². The summed E-state index contributed by atoms with van der Waals surface area (Å²) in [6, 6.07) is 7.31. The van der Waals surface area contributed by atoms with E-state index in [0.29, 0.717) is 18.8 Å². The van der Waals surface area contributed by atoms with Crippen LogP contribution in [0.4, 0.5) is 5.69 Å². The lowest BCUT2D eigenvalue weighted by Crippen LogP contribution is -2.46. The zero-order chi connectivity index (χ0) is 20.4. The summed E-state index contributed by atoms with van der Waals surface area (Å²) in [6.45, 7) is 4.52. The first-order chi connectivity index (χ1) is 13.3. The molecule has 2 unspecified atom stereocenters. The Hall–Kier alpha value is -2.78. The minimum absolute atomic E-state index is 0. The summed E-state index contributed by atoms with van der Waals surface area (Å²) in [6.07, 6.45) is 1.74. The molecule has 1 fully saturated rings. The highest BCUT2D eigenvalue weighted by atomic mass is 35.5. The molecule has 9 nitrogen and oxygen atoms in total. The van der Waals surface area contributed by atoms with Gasteiger partial charge >= 0.3 is 0 Å². The van der Waals surface area contributed by atoms with Crippen molar-refractivity contribution in [3.8, 4) is 5.69 Å². The quantitative estimate of drug-likeness (QED) is 0.595. The summed E-state index contributed by atoms with van der Waals surface area (Å²) in [5, 5.41) is 15.6. The van der Waals surface area contributed by atoms with Gasteiger partial charge in [0.15, 0.2) is 5.69 Å². The van der Waals surface area contributed by atoms with E-state index in [4.69, 9.17) is 5.73 Å². The van der Waals surface area contributed by atoms with Gasteiger partial charge in [-0.3, -0.25) is 19.7 Å². The van der Waals surface area contributed by atoms with Crippen molar-refractivity contribution in [1.29, 1.82) is 0 Å². The third-order valence-electron chi connectivity index (χ3n) is 5.11. The molecule has 2 aromatic rings. The van der Waals surface area contributed by atoms with E-state index in [1.165, 1.54) is 22.9 Å². The van der Waals surface area contributed by atoms with Crippen molar-refractivity contribution < 1.29 is 9.72 Å². The van der Waals surface area contributed by atoms with Gasteiger partial charge in [0, 0.05) is 37.0 Å². The van der Waals surface area contributed by atoms with Crippen LogP contribution >= 0.6 is 12.4 Å². The number of nitrogens with two attached hydrogens (primary N) is 1. The number of nitro groups is 1. The van der Waals surface area contributed by atoms with Gasteiger partial charge < -0.3 is 10.6 Å². The lowest BCUT2D eigenvalue weighted by molar-refractivity contribution is -0.384. The Morgan fingerprint density at radius 1 is 1.38 bits per heavy atom. The van der Waals surface area contributed by atoms with Gasteiger partial charge in [0.1, 0.15) is 5.69 Å². The molecule has 0 spiro atoms. The largest absolute Gasteiger partial charge is 0.337 e. The van der Waals surface area contributed by atoms with Gasteiger partial charge in [-0.25, -0.2) is 4.68 Å². The standard InChI is InChI=1S/C19H23N5O4.ClH/c1-12-10-17(25)18(19(26)22-9-5-6-14(11-22)13(2)20)21-23(12)15-7-3-4-8-16(15)24(27)28;/h3-4,7-8,10,13-14H,5-6,9,11,20H2,1-2H3;1H. The van der Waals surface area contributed by atoms with Crippen molar-refractivity contribution in [3.05, 3.63) is 62.1 Å². The van der Waals surface area contributed by atoms with Crippen LogP contribution in [0.5, 0.6) is 0 Å². The molecule has 10 heteroatoms. The molecule has 156 valence electrons. The Balaban J connectivity index is 0.00000300. The fourth-order valence-corrected chi connectivity index (χ4v) is 3.51. The van der Waals surface area contributed by atoms with Gasteiger partial charge in [0.05, 0.1) is 4.92 Å². The average molecular weight is 422 g/mol. The molecule has 1 amide bonds. The number of carbonyl (C=O) groups excluding carboxylic acids is 1. The Labute approximate surface area is 174 Å². The molecular formula is C19H24ClN5O4. The van der Waals surface area contributed by atoms with Gasteiger partial charge in [-0.1, -0.05) is 12.1 Å². The number of hydrogen-bond acceptors (Lipinski definition) is 6. The lowest BCUT2D eigenvalue weighted by atomic mass is 9.92. The molecular weight excluding hydrogens is 398 g/mol. The van der Waals surface area contributed by atoms with E-state index in [-0.39, 0.29) is 41.4 Å². The van der Waals surface area contributed by atoms with E-state index in [2.05, 4.69) is 5.10 Å². The number of aryl methyl sites for hydroxylation is 1. The number of halogens is 1. The predicted octanol–water partition coefficient (Wildman–Crippen LogP) is 2.07. The van der Waals surface area contributed by atoms with Crippen LogP contribution < -0.4 is 11.2 Å². The number of likely N-dealkylation sites (tertiary alicyclic amines) is 1. The number of piperidine rings is 1. The predicted molar refractivity (Wildman–Crippen MR) is 111 cm³/mol. The number of rotatable bonds is 4. The van der Waals surface area contributed by atoms with E-state index >= 15 is 0 Å². The van der Waals surface area contributed by atoms with E-state index < -0.39 is 16.3 Å². The molecule has 1 aromatic heterocycles. The van der Waals surface area contributed by atoms with Crippen LogP contribution in [0.15, 0.2) is 35.1 Å². The van der Waals surface area contributed by atoms with E-state index in [1.807, 2.05) is 6.92 Å². The van der Waals surface area contributed by atoms with Crippen molar-refractivity contribution in [3.63, 3.8) is 0 Å². The molecule has 2 N–H and O–H groups in total. The maximum Gasteiger partial charge on any atom is 0.294 e. The van der Waals surface area contributed by atoms with E-state index in [0.717, 1.165) is 12.8 Å². The Morgan fingerprint density at radius 2 is 2.07 bits per heavy atom. The van der Waals surface area contributed by atoms with Crippen LogP contribution in [0.3, 0.4) is 0 Å². The molecule has 0 radical (unpaired) electrons. The summed E-state index contributed by atoms with van der Waals surface area (Å²) in [5.74, 6) is -0.303. The molecule has 3 rings (SSSR count). The van der Waals surface area contributed by atoms with Crippen LogP contribution in [-0.2, 0) is 0 Å². The second-order valence-corrected chi connectivity index (χ2v) is 7.17. The van der Waals surface area contributed by atoms with Crippen LogP contribution in [0.25, 0.3) is 5.69 Å². The number of para-hydroxylation sites is 2. The van der Waals surface area contributed by atoms with E-state index in [1.54, 1.807) is 24.0 Å². The Morgan fingerprint density at radius 3 is 2.72 bits per heavy atom. The molecule has 0 aliphatic carbocycles. The number of nitrogens with zero attached hydrogens (tertiary/aromatic N) is 4. The first-order valence-electron chi connectivity index (χ1n) is 9.19. The minimum atomic E-state index is -0.520. The Bertz CT molecular complexity index is 975. The van der Waals surface area contributed by atoms with Gasteiger partial charge in [0.25, 0.3) is 11.6 Å². The highest BCUT2D eigenvalue weighted by Crippen LogP contribution is 2.23. The number of nitro benzene ring substituents is 1. The smallest absolute Gasteiger partial charge is 0.294 e. The highest BCUT2D eigenvalue weighted by Gasteiger charge is 2.29. The second kappa shape index (κ2) is 9.15. The molecule has 29 heavy (non-hydrogen) atoms. The Kier molecular flexibility index (Phi) is 7.10. The van der Waals surface area contributed by atoms with Gasteiger partial charge in [-0.2, -0.15) is 5.10 Å². The molecule has 0 saturated carbocycles. The van der Waals surface area contributed by atoms with E-state index in [9.17, 15) is 19.7 Å². The molecule has 2 atom stereocenters. The molecule has 1 aromatic carbocycles. The third kappa shape index (κ3) is 4.63. The SMILES string of the molecule is Cc1cc(=O)c(C(=O)N2CCCC(C(C)N)C2)nn1-c1ccccc1[N+](=O)[O-].Cl. The third-order valence-corrected chi connectivity index (χ3v) is 5.11. The van der Waals surface area contributed by atoms with Crippen LogP contribution in [-0.4, -0.2) is 44.6 Å². The number of hydrogen-bond donors (Lipinski definition) is 1. The first-order valence-corrected chi connectivity index (χ1v) is 9.19. The maximum absolute atomic E-state index is 13.0. The van der Waals surface area contributed by atoms with Crippen LogP contribution in [0.1, 0.15) is 35.9 Å². The molecule has 1 saturated heterocycles. The zero-order valence-corrected chi connectivity index (χ0v) is 17.1. The summed E-state index contributed by atoms with van der Waals surface area (Å²) >= 11 is 0. The molecule has 1 aliphatic rings. The topological polar surface area (TPSA) is 124 Å². The van der Waals surface area contributed by atoms with Crippen molar-refractivity contribution in [2.45, 2.75) is 32.7 Å². The van der Waals surface area contributed by atoms with Crippen LogP contribution in [0, 0.1) is 23.0 Å². The number of aromatic nitrogens is 2.